The van der Waals surface area contributed by atoms with Crippen LogP contribution in [-0.2, 0) is 26.4 Å². The summed E-state index contributed by atoms with van der Waals surface area (Å²) in [5, 5.41) is 5.10. The van der Waals surface area contributed by atoms with Crippen LogP contribution in [-0.4, -0.2) is 46.1 Å². The molecule has 2 aromatic rings. The van der Waals surface area contributed by atoms with Crippen molar-refractivity contribution in [3.63, 3.8) is 0 Å². The average Bonchev–Trinajstić information content (AvgIpc) is 3.36. The van der Waals surface area contributed by atoms with Crippen LogP contribution in [0.2, 0.25) is 0 Å². The lowest BCUT2D eigenvalue weighted by Gasteiger charge is -2.14. The number of amides is 2. The van der Waals surface area contributed by atoms with Gasteiger partial charge in [0.2, 0.25) is 10.0 Å². The minimum absolute atomic E-state index is 0.00533. The molecule has 10 nitrogen and oxygen atoms in total. The predicted octanol–water partition coefficient (Wildman–Crippen LogP) is 2.92. The molecule has 13 heteroatoms. The molecule has 0 unspecified atom stereocenters. The number of Topliss-reactive ketones (excluding diaryl/α,β-unsaturated/α-hetero) is 1. The van der Waals surface area contributed by atoms with E-state index in [1.165, 1.54) is 0 Å². The summed E-state index contributed by atoms with van der Waals surface area (Å²) in [6.45, 7) is 1.53. The lowest BCUT2D eigenvalue weighted by Crippen LogP contribution is -2.23. The largest absolute Gasteiger partial charge is 0.325 e. The summed E-state index contributed by atoms with van der Waals surface area (Å²) in [5.41, 5.74) is 1.67. The number of carbonyl (C=O) groups excluding carboxylic acids is 2. The number of rotatable bonds is 8. The number of aryl methyl sites for hydroxylation is 1. The van der Waals surface area contributed by atoms with Gasteiger partial charge in [0.15, 0.2) is 20.8 Å². The molecule has 1 aliphatic rings. The van der Waals surface area contributed by atoms with E-state index in [1.807, 2.05) is 6.92 Å². The Morgan fingerprint density at radius 1 is 1.09 bits per heavy atom. The number of thiazole rings is 1. The highest BCUT2D eigenvalue weighted by Crippen LogP contribution is 2.31. The van der Waals surface area contributed by atoms with Crippen molar-refractivity contribution in [3.8, 4) is 0 Å². The van der Waals surface area contributed by atoms with Crippen molar-refractivity contribution in [1.82, 2.24) is 9.71 Å². The number of sulfone groups is 1. The standard InChI is InChI=1S/C20H26N4O6S3/c1-12-8-9-15(14(10-12)17(25)13-6-4-5-7-13)22-19(26)24-20-23-16(11-21-33(3,29)30)18(31-20)32(2,27)28/h8-10,13,21H,4-7,11H2,1-3H3,(H2,22,23,24,26). The Morgan fingerprint density at radius 2 is 1.76 bits per heavy atom. The first-order chi connectivity index (χ1) is 15.3. The van der Waals surface area contributed by atoms with Crippen molar-refractivity contribution in [2.24, 2.45) is 5.92 Å². The topological polar surface area (TPSA) is 151 Å². The Kier molecular flexibility index (Phi) is 7.56. The maximum Gasteiger partial charge on any atom is 0.325 e. The molecule has 0 saturated heterocycles. The molecule has 3 N–H and O–H groups in total. The predicted molar refractivity (Wildman–Crippen MR) is 127 cm³/mol. The molecule has 1 aromatic heterocycles. The molecule has 0 bridgehead atoms. The highest BCUT2D eigenvalue weighted by Gasteiger charge is 2.26. The molecule has 0 radical (unpaired) electrons. The first kappa shape index (κ1) is 25.3. The molecule has 1 aromatic carbocycles. The minimum atomic E-state index is -3.70. The van der Waals surface area contributed by atoms with Crippen LogP contribution in [0.25, 0.3) is 0 Å². The quantitative estimate of drug-likeness (QED) is 0.458. The van der Waals surface area contributed by atoms with Gasteiger partial charge in [0, 0.05) is 17.7 Å². The molecule has 180 valence electrons. The van der Waals surface area contributed by atoms with Gasteiger partial charge in [-0.25, -0.2) is 31.3 Å². The Labute approximate surface area is 197 Å². The number of hydrogen-bond donors (Lipinski definition) is 3. The molecule has 0 aliphatic heterocycles. The molecule has 1 aliphatic carbocycles. The van der Waals surface area contributed by atoms with E-state index in [0.29, 0.717) is 22.6 Å². The van der Waals surface area contributed by atoms with E-state index in [0.717, 1.165) is 43.8 Å². The van der Waals surface area contributed by atoms with Gasteiger partial charge >= 0.3 is 6.03 Å². The van der Waals surface area contributed by atoms with Crippen LogP contribution >= 0.6 is 11.3 Å². The number of nitrogens with zero attached hydrogens (tertiary/aromatic N) is 1. The zero-order chi connectivity index (χ0) is 24.4. The van der Waals surface area contributed by atoms with Crippen LogP contribution in [0.1, 0.15) is 47.3 Å². The van der Waals surface area contributed by atoms with Gasteiger partial charge in [0.1, 0.15) is 4.21 Å². The third-order valence-electron chi connectivity index (χ3n) is 5.14. The Hall–Kier alpha value is -2.35. The molecule has 3 rings (SSSR count). The van der Waals surface area contributed by atoms with Crippen LogP contribution in [0, 0.1) is 12.8 Å². The molecule has 0 spiro atoms. The van der Waals surface area contributed by atoms with Crippen LogP contribution in [0.3, 0.4) is 0 Å². The third-order valence-corrected chi connectivity index (χ3v) is 8.68. The second-order valence-corrected chi connectivity index (χ2v) is 13.1. The molecular formula is C20H26N4O6S3. The third kappa shape index (κ3) is 6.82. The van der Waals surface area contributed by atoms with Crippen molar-refractivity contribution in [2.45, 2.75) is 43.4 Å². The van der Waals surface area contributed by atoms with E-state index < -0.39 is 25.9 Å². The van der Waals surface area contributed by atoms with Gasteiger partial charge in [-0.2, -0.15) is 0 Å². The van der Waals surface area contributed by atoms with Crippen molar-refractivity contribution in [2.75, 3.05) is 23.1 Å². The van der Waals surface area contributed by atoms with Gasteiger partial charge in [-0.05, 0) is 31.9 Å². The maximum absolute atomic E-state index is 13.0. The number of nitrogens with one attached hydrogen (secondary N) is 3. The summed E-state index contributed by atoms with van der Waals surface area (Å²) < 4.78 is 48.9. The van der Waals surface area contributed by atoms with Gasteiger partial charge in [-0.3, -0.25) is 10.1 Å². The first-order valence-electron chi connectivity index (χ1n) is 10.2. The minimum Gasteiger partial charge on any atom is -0.307 e. The molecule has 1 heterocycles. The number of anilines is 2. The van der Waals surface area contributed by atoms with Crippen molar-refractivity contribution in [3.05, 3.63) is 35.0 Å². The van der Waals surface area contributed by atoms with Crippen molar-refractivity contribution >= 4 is 53.8 Å². The summed E-state index contributed by atoms with van der Waals surface area (Å²) >= 11 is 0.716. The molecule has 33 heavy (non-hydrogen) atoms. The van der Waals surface area contributed by atoms with Crippen LogP contribution < -0.4 is 15.4 Å². The number of urea groups is 1. The lowest BCUT2D eigenvalue weighted by molar-refractivity contribution is 0.0923. The van der Waals surface area contributed by atoms with E-state index in [1.54, 1.807) is 18.2 Å². The summed E-state index contributed by atoms with van der Waals surface area (Å²) in [4.78, 5) is 29.7. The fraction of sp³-hybridized carbons (Fsp3) is 0.450. The van der Waals surface area contributed by atoms with E-state index in [2.05, 4.69) is 20.3 Å². The number of aromatic nitrogens is 1. The first-order valence-corrected chi connectivity index (χ1v) is 14.8. The van der Waals surface area contributed by atoms with Crippen LogP contribution in [0.15, 0.2) is 22.4 Å². The number of sulfonamides is 1. The molecule has 1 fully saturated rings. The molecule has 0 atom stereocenters. The Balaban J connectivity index is 1.80. The van der Waals surface area contributed by atoms with Crippen molar-refractivity contribution < 1.29 is 26.4 Å². The van der Waals surface area contributed by atoms with Crippen LogP contribution in [0.5, 0.6) is 0 Å². The van der Waals surface area contributed by atoms with Gasteiger partial charge in [-0.15, -0.1) is 0 Å². The highest BCUT2D eigenvalue weighted by atomic mass is 32.2. The summed E-state index contributed by atoms with van der Waals surface area (Å²) in [5.74, 6) is -0.0640. The number of benzene rings is 1. The molecular weight excluding hydrogens is 488 g/mol. The fourth-order valence-corrected chi connectivity index (χ4v) is 6.12. The second kappa shape index (κ2) is 9.87. The Morgan fingerprint density at radius 3 is 2.36 bits per heavy atom. The zero-order valence-electron chi connectivity index (χ0n) is 18.5. The number of ketones is 1. The van der Waals surface area contributed by atoms with Gasteiger partial charge < -0.3 is 5.32 Å². The van der Waals surface area contributed by atoms with Crippen LogP contribution in [0.4, 0.5) is 15.6 Å². The molecule has 2 amide bonds. The van der Waals surface area contributed by atoms with E-state index in [-0.39, 0.29) is 33.3 Å². The maximum atomic E-state index is 13.0. The number of carbonyl (C=O) groups is 2. The van der Waals surface area contributed by atoms with E-state index in [9.17, 15) is 26.4 Å². The van der Waals surface area contributed by atoms with Gasteiger partial charge in [0.25, 0.3) is 0 Å². The second-order valence-electron chi connectivity index (χ2n) is 8.09. The number of hydrogen-bond acceptors (Lipinski definition) is 8. The summed E-state index contributed by atoms with van der Waals surface area (Å²) in [6, 6.07) is 4.48. The summed E-state index contributed by atoms with van der Waals surface area (Å²) in [6.07, 6.45) is 5.59. The van der Waals surface area contributed by atoms with Gasteiger partial charge in [0.05, 0.1) is 24.2 Å². The van der Waals surface area contributed by atoms with Gasteiger partial charge in [-0.1, -0.05) is 35.8 Å². The smallest absolute Gasteiger partial charge is 0.307 e. The zero-order valence-corrected chi connectivity index (χ0v) is 20.9. The average molecular weight is 515 g/mol. The normalized spacial score (nSPS) is 14.9. The van der Waals surface area contributed by atoms with E-state index >= 15 is 0 Å². The van der Waals surface area contributed by atoms with E-state index in [4.69, 9.17) is 0 Å². The Bertz CT molecular complexity index is 1280. The SMILES string of the molecule is Cc1ccc(NC(=O)Nc2nc(CNS(C)(=O)=O)c(S(C)(=O)=O)s2)c(C(=O)C2CCCC2)c1. The highest BCUT2D eigenvalue weighted by molar-refractivity contribution is 7.93. The lowest BCUT2D eigenvalue weighted by atomic mass is 9.94. The van der Waals surface area contributed by atoms with Crippen molar-refractivity contribution in [1.29, 1.82) is 0 Å². The summed E-state index contributed by atoms with van der Waals surface area (Å²) in [7, 11) is -7.28. The molecule has 1 saturated carbocycles. The fourth-order valence-electron chi connectivity index (χ4n) is 3.62. The monoisotopic (exact) mass is 514 g/mol.